The van der Waals surface area contributed by atoms with Crippen LogP contribution in [0.25, 0.3) is 0 Å². The summed E-state index contributed by atoms with van der Waals surface area (Å²) < 4.78 is 0. The van der Waals surface area contributed by atoms with E-state index in [-0.39, 0.29) is 5.41 Å². The standard InChI is InChI=1S/C10H11N/c1-7-4-3-5-8-9(7)10(8,2)6-11/h3-5,8-9H,1-2H3. The molecule has 0 radical (unpaired) electrons. The second kappa shape index (κ2) is 1.76. The van der Waals surface area contributed by atoms with Gasteiger partial charge in [-0.25, -0.2) is 0 Å². The van der Waals surface area contributed by atoms with Gasteiger partial charge in [0.25, 0.3) is 0 Å². The third-order valence-corrected chi connectivity index (χ3v) is 3.00. The first-order valence-electron chi connectivity index (χ1n) is 3.96. The fraction of sp³-hybridized carbons (Fsp3) is 0.500. The van der Waals surface area contributed by atoms with E-state index in [0.717, 1.165) is 0 Å². The molecule has 0 spiro atoms. The lowest BCUT2D eigenvalue weighted by Gasteiger charge is -1.99. The summed E-state index contributed by atoms with van der Waals surface area (Å²) in [6, 6.07) is 2.40. The maximum atomic E-state index is 8.90. The van der Waals surface area contributed by atoms with Gasteiger partial charge in [0, 0.05) is 11.8 Å². The summed E-state index contributed by atoms with van der Waals surface area (Å²) in [4.78, 5) is 0. The molecule has 1 fully saturated rings. The van der Waals surface area contributed by atoms with Gasteiger partial charge >= 0.3 is 0 Å². The molecule has 0 N–H and O–H groups in total. The molecule has 0 saturated heterocycles. The molecule has 0 aromatic carbocycles. The van der Waals surface area contributed by atoms with Gasteiger partial charge < -0.3 is 0 Å². The van der Waals surface area contributed by atoms with Crippen LogP contribution in [0.1, 0.15) is 13.8 Å². The van der Waals surface area contributed by atoms with Crippen molar-refractivity contribution in [2.24, 2.45) is 17.3 Å². The average molecular weight is 145 g/mol. The Morgan fingerprint density at radius 1 is 1.64 bits per heavy atom. The first-order chi connectivity index (χ1) is 5.20. The number of fused-ring (bicyclic) bond motifs is 1. The number of allylic oxidation sites excluding steroid dienone is 4. The van der Waals surface area contributed by atoms with E-state index in [1.165, 1.54) is 5.57 Å². The minimum Gasteiger partial charge on any atom is -0.198 e. The van der Waals surface area contributed by atoms with Crippen LogP contribution in [0.2, 0.25) is 0 Å². The van der Waals surface area contributed by atoms with Crippen LogP contribution in [-0.2, 0) is 0 Å². The smallest absolute Gasteiger partial charge is 0.0699 e. The molecule has 2 aliphatic rings. The van der Waals surface area contributed by atoms with E-state index < -0.39 is 0 Å². The minimum absolute atomic E-state index is 0.0897. The lowest BCUT2D eigenvalue weighted by atomic mass is 10.0. The monoisotopic (exact) mass is 145 g/mol. The maximum Gasteiger partial charge on any atom is 0.0699 e. The van der Waals surface area contributed by atoms with Crippen molar-refractivity contribution in [2.75, 3.05) is 0 Å². The fourth-order valence-corrected chi connectivity index (χ4v) is 2.19. The van der Waals surface area contributed by atoms with Crippen molar-refractivity contribution in [1.82, 2.24) is 0 Å². The average Bonchev–Trinajstić information content (AvgIpc) is 2.61. The third kappa shape index (κ3) is 0.646. The zero-order valence-corrected chi connectivity index (χ0v) is 6.83. The van der Waals surface area contributed by atoms with Gasteiger partial charge in [-0.05, 0) is 13.8 Å². The lowest BCUT2D eigenvalue weighted by Crippen LogP contribution is -1.93. The quantitative estimate of drug-likeness (QED) is 0.513. The Labute approximate surface area is 67.0 Å². The number of nitriles is 1. The highest BCUT2D eigenvalue weighted by Crippen LogP contribution is 2.63. The molecule has 2 aliphatic carbocycles. The Bertz CT molecular complexity index is 292. The molecule has 3 unspecified atom stereocenters. The second-order valence-corrected chi connectivity index (χ2v) is 3.69. The highest BCUT2D eigenvalue weighted by Gasteiger charge is 2.61. The van der Waals surface area contributed by atoms with Crippen LogP contribution in [0.5, 0.6) is 0 Å². The van der Waals surface area contributed by atoms with Crippen LogP contribution in [0, 0.1) is 28.6 Å². The summed E-state index contributed by atoms with van der Waals surface area (Å²) in [7, 11) is 0. The van der Waals surface area contributed by atoms with E-state index in [2.05, 4.69) is 38.1 Å². The maximum absolute atomic E-state index is 8.90. The van der Waals surface area contributed by atoms with E-state index >= 15 is 0 Å². The second-order valence-electron chi connectivity index (χ2n) is 3.69. The zero-order chi connectivity index (χ0) is 8.06. The van der Waals surface area contributed by atoms with E-state index in [1.807, 2.05) is 0 Å². The van der Waals surface area contributed by atoms with Crippen LogP contribution in [0.4, 0.5) is 0 Å². The molecular weight excluding hydrogens is 134 g/mol. The molecule has 0 aromatic rings. The Balaban J connectivity index is 2.36. The van der Waals surface area contributed by atoms with E-state index in [9.17, 15) is 0 Å². The van der Waals surface area contributed by atoms with Gasteiger partial charge in [0.05, 0.1) is 11.5 Å². The first-order valence-corrected chi connectivity index (χ1v) is 3.96. The molecule has 2 rings (SSSR count). The Kier molecular flexibility index (Phi) is 1.07. The highest BCUT2D eigenvalue weighted by molar-refractivity contribution is 5.39. The summed E-state index contributed by atoms with van der Waals surface area (Å²) in [6.45, 7) is 4.17. The van der Waals surface area contributed by atoms with Crippen LogP contribution in [-0.4, -0.2) is 0 Å². The summed E-state index contributed by atoms with van der Waals surface area (Å²) in [5.41, 5.74) is 1.27. The number of nitrogens with zero attached hydrogens (tertiary/aromatic N) is 1. The molecule has 0 aromatic heterocycles. The number of rotatable bonds is 0. The van der Waals surface area contributed by atoms with E-state index in [0.29, 0.717) is 11.8 Å². The molecule has 0 heterocycles. The van der Waals surface area contributed by atoms with Crippen molar-refractivity contribution in [1.29, 1.82) is 5.26 Å². The molecule has 0 aliphatic heterocycles. The zero-order valence-electron chi connectivity index (χ0n) is 6.83. The molecule has 11 heavy (non-hydrogen) atoms. The Morgan fingerprint density at radius 3 is 2.91 bits per heavy atom. The van der Waals surface area contributed by atoms with Gasteiger partial charge in [-0.3, -0.25) is 0 Å². The van der Waals surface area contributed by atoms with Gasteiger partial charge in [0.15, 0.2) is 0 Å². The molecule has 1 nitrogen and oxygen atoms in total. The van der Waals surface area contributed by atoms with Crippen molar-refractivity contribution < 1.29 is 0 Å². The SMILES string of the molecule is CC1=CC=CC2C1C2(C)C#N. The normalized spacial score (nSPS) is 45.7. The van der Waals surface area contributed by atoms with Crippen molar-refractivity contribution >= 4 is 0 Å². The predicted octanol–water partition coefficient (Wildman–Crippen LogP) is 2.28. The summed E-state index contributed by atoms with van der Waals surface area (Å²) in [6.07, 6.45) is 6.34. The van der Waals surface area contributed by atoms with Crippen molar-refractivity contribution in [2.45, 2.75) is 13.8 Å². The van der Waals surface area contributed by atoms with Crippen molar-refractivity contribution in [3.05, 3.63) is 23.8 Å². The van der Waals surface area contributed by atoms with Gasteiger partial charge in [0.2, 0.25) is 0 Å². The fourth-order valence-electron chi connectivity index (χ4n) is 2.19. The Morgan fingerprint density at radius 2 is 2.36 bits per heavy atom. The number of hydrogen-bond donors (Lipinski definition) is 0. The topological polar surface area (TPSA) is 23.8 Å². The predicted molar refractivity (Wildman–Crippen MR) is 43.6 cm³/mol. The molecule has 0 amide bonds. The molecule has 3 atom stereocenters. The van der Waals surface area contributed by atoms with Crippen molar-refractivity contribution in [3.8, 4) is 6.07 Å². The van der Waals surface area contributed by atoms with Crippen LogP contribution in [0.15, 0.2) is 23.8 Å². The van der Waals surface area contributed by atoms with E-state index in [1.54, 1.807) is 0 Å². The minimum atomic E-state index is -0.0897. The highest BCUT2D eigenvalue weighted by atomic mass is 14.6. The summed E-state index contributed by atoms with van der Waals surface area (Å²) in [5.74, 6) is 1.01. The van der Waals surface area contributed by atoms with Gasteiger partial charge in [-0.2, -0.15) is 5.26 Å². The molecule has 56 valence electrons. The lowest BCUT2D eigenvalue weighted by molar-refractivity contribution is 0.680. The third-order valence-electron chi connectivity index (χ3n) is 3.00. The molecule has 1 heteroatoms. The molecule has 0 bridgehead atoms. The largest absolute Gasteiger partial charge is 0.198 e. The van der Waals surface area contributed by atoms with E-state index in [4.69, 9.17) is 5.26 Å². The van der Waals surface area contributed by atoms with Gasteiger partial charge in [-0.15, -0.1) is 0 Å². The van der Waals surface area contributed by atoms with Gasteiger partial charge in [-0.1, -0.05) is 23.8 Å². The van der Waals surface area contributed by atoms with Crippen molar-refractivity contribution in [3.63, 3.8) is 0 Å². The molecular formula is C10H11N. The Hall–Kier alpha value is -1.03. The van der Waals surface area contributed by atoms with Crippen LogP contribution >= 0.6 is 0 Å². The van der Waals surface area contributed by atoms with Crippen LogP contribution in [0.3, 0.4) is 0 Å². The van der Waals surface area contributed by atoms with Gasteiger partial charge in [0.1, 0.15) is 0 Å². The number of hydrogen-bond acceptors (Lipinski definition) is 1. The first kappa shape index (κ1) is 6.67. The van der Waals surface area contributed by atoms with Crippen LogP contribution < -0.4 is 0 Å². The molecule has 1 saturated carbocycles. The summed E-state index contributed by atoms with van der Waals surface area (Å²) in [5, 5.41) is 8.90. The summed E-state index contributed by atoms with van der Waals surface area (Å²) >= 11 is 0.